The number of imidazole rings is 1. The number of carboxylic acids is 2. The number of aliphatic carboxylic acids is 2. The predicted octanol–water partition coefficient (Wildman–Crippen LogP) is -9.87. The van der Waals surface area contributed by atoms with Crippen molar-refractivity contribution >= 4 is 11.9 Å². The molecule has 0 aliphatic rings. The minimum Gasteiger partial charge on any atom is -0.548 e. The largest absolute Gasteiger partial charge is 1.00 e. The molecule has 0 radical (unpaired) electrons. The number of H-pyrrole nitrogens is 1. The Balaban J connectivity index is 0. The Morgan fingerprint density at radius 2 is 2.00 bits per heavy atom. The van der Waals surface area contributed by atoms with Crippen LogP contribution in [0.25, 0.3) is 0 Å². The first-order valence-electron chi connectivity index (χ1n) is 5.32. The number of carbonyl (C=O) groups is 2. The molecule has 1 aromatic heterocycles. The molecule has 0 saturated carbocycles. The zero-order valence-corrected chi connectivity index (χ0v) is 18.0. The van der Waals surface area contributed by atoms with Gasteiger partial charge in [0, 0.05) is 24.4 Å². The summed E-state index contributed by atoms with van der Waals surface area (Å²) in [5, 5.41) is 24.1. The quantitative estimate of drug-likeness (QED) is 0.420. The second kappa shape index (κ2) is 11.9. The van der Waals surface area contributed by atoms with E-state index in [1.807, 2.05) is 0 Å². The average Bonchev–Trinajstić information content (AvgIpc) is 2.79. The van der Waals surface area contributed by atoms with E-state index in [9.17, 15) is 19.8 Å². The first kappa shape index (κ1) is 23.6. The predicted molar refractivity (Wildman–Crippen MR) is 56.7 cm³/mol. The van der Waals surface area contributed by atoms with Crippen molar-refractivity contribution in [1.29, 1.82) is 0 Å². The number of nitrogens with one attached hydrogen (secondary N) is 2. The van der Waals surface area contributed by atoms with Crippen LogP contribution in [-0.2, 0) is 16.0 Å². The van der Waals surface area contributed by atoms with E-state index in [0.29, 0.717) is 5.69 Å². The van der Waals surface area contributed by atoms with Crippen molar-refractivity contribution in [2.75, 3.05) is 0 Å². The van der Waals surface area contributed by atoms with Gasteiger partial charge in [-0.15, -0.1) is 0 Å². The maximum atomic E-state index is 10.9. The van der Waals surface area contributed by atoms with Gasteiger partial charge in [-0.25, -0.2) is 4.98 Å². The third-order valence-electron chi connectivity index (χ3n) is 2.54. The zero-order chi connectivity index (χ0) is 13.7. The molecule has 1 rings (SSSR count). The van der Waals surface area contributed by atoms with Crippen molar-refractivity contribution in [3.63, 3.8) is 0 Å². The molecule has 0 aliphatic carbocycles. The molecular weight excluding hydrogens is 318 g/mol. The van der Waals surface area contributed by atoms with Gasteiger partial charge >= 0.3 is 103 Å². The average molecular weight is 332 g/mol. The van der Waals surface area contributed by atoms with Crippen LogP contribution >= 0.6 is 0 Å². The Kier molecular flexibility index (Phi) is 14.0. The van der Waals surface area contributed by atoms with Gasteiger partial charge in [0.25, 0.3) is 0 Å². The molecule has 20 heavy (non-hydrogen) atoms. The SMILES string of the molecule is CC(NC(Cc1cnc[nH]1)C(=O)[O-])C(N)C(=O)[O-].[K+].[K+]. The second-order valence-electron chi connectivity index (χ2n) is 3.95. The summed E-state index contributed by atoms with van der Waals surface area (Å²) in [7, 11) is 0. The molecule has 100 valence electrons. The van der Waals surface area contributed by atoms with Crippen LogP contribution in [0.15, 0.2) is 12.5 Å². The van der Waals surface area contributed by atoms with Crippen LogP contribution in [0.3, 0.4) is 0 Å². The molecule has 3 atom stereocenters. The smallest absolute Gasteiger partial charge is 0.548 e. The van der Waals surface area contributed by atoms with Gasteiger partial charge < -0.3 is 35.8 Å². The van der Waals surface area contributed by atoms with Crippen LogP contribution in [0, 0.1) is 0 Å². The van der Waals surface area contributed by atoms with Crippen molar-refractivity contribution in [2.45, 2.75) is 31.5 Å². The molecule has 0 fully saturated rings. The maximum absolute atomic E-state index is 10.9. The van der Waals surface area contributed by atoms with E-state index >= 15 is 0 Å². The van der Waals surface area contributed by atoms with Gasteiger partial charge in [0.2, 0.25) is 0 Å². The number of hydrogen-bond donors (Lipinski definition) is 3. The molecule has 3 unspecified atom stereocenters. The van der Waals surface area contributed by atoms with Crippen molar-refractivity contribution in [3.8, 4) is 0 Å². The fourth-order valence-electron chi connectivity index (χ4n) is 1.45. The van der Waals surface area contributed by atoms with E-state index in [-0.39, 0.29) is 109 Å². The third kappa shape index (κ3) is 8.10. The molecule has 0 amide bonds. The minimum atomic E-state index is -1.45. The van der Waals surface area contributed by atoms with Crippen LogP contribution in [0.2, 0.25) is 0 Å². The van der Waals surface area contributed by atoms with Gasteiger partial charge in [0.15, 0.2) is 0 Å². The molecule has 0 saturated heterocycles. The number of aromatic nitrogens is 2. The molecule has 8 nitrogen and oxygen atoms in total. The first-order chi connectivity index (χ1) is 8.41. The Morgan fingerprint density at radius 3 is 2.40 bits per heavy atom. The van der Waals surface area contributed by atoms with Crippen molar-refractivity contribution in [3.05, 3.63) is 18.2 Å². The Morgan fingerprint density at radius 1 is 1.40 bits per heavy atom. The number of carboxylic acid groups (broad SMARTS) is 2. The Labute approximate surface area is 201 Å². The topological polar surface area (TPSA) is 147 Å². The fourth-order valence-corrected chi connectivity index (χ4v) is 1.45. The fraction of sp³-hybridized carbons (Fsp3) is 0.500. The number of nitrogens with two attached hydrogens (primary N) is 1. The van der Waals surface area contributed by atoms with E-state index in [1.54, 1.807) is 0 Å². The number of nitrogens with zero attached hydrogens (tertiary/aromatic N) is 1. The molecule has 0 aromatic carbocycles. The first-order valence-corrected chi connectivity index (χ1v) is 5.32. The van der Waals surface area contributed by atoms with E-state index in [1.165, 1.54) is 19.4 Å². The van der Waals surface area contributed by atoms with Gasteiger partial charge in [0.1, 0.15) is 0 Å². The summed E-state index contributed by atoms with van der Waals surface area (Å²) >= 11 is 0. The second-order valence-corrected chi connectivity index (χ2v) is 3.95. The minimum absolute atomic E-state index is 0. The molecule has 0 aliphatic heterocycles. The van der Waals surface area contributed by atoms with Gasteiger partial charge in [-0.3, -0.25) is 0 Å². The molecule has 0 spiro atoms. The van der Waals surface area contributed by atoms with Crippen LogP contribution in [-0.4, -0.2) is 40.0 Å². The van der Waals surface area contributed by atoms with Crippen LogP contribution in [0.5, 0.6) is 0 Å². The van der Waals surface area contributed by atoms with Crippen molar-refractivity contribution < 1.29 is 123 Å². The van der Waals surface area contributed by atoms with E-state index in [4.69, 9.17) is 5.73 Å². The summed E-state index contributed by atoms with van der Waals surface area (Å²) in [5.74, 6) is -2.80. The summed E-state index contributed by atoms with van der Waals surface area (Å²) in [5.41, 5.74) is 5.91. The van der Waals surface area contributed by atoms with Crippen LogP contribution in [0.1, 0.15) is 12.6 Å². The number of aromatic amines is 1. The molecule has 1 aromatic rings. The normalized spacial score (nSPS) is 14.3. The van der Waals surface area contributed by atoms with Crippen LogP contribution in [0.4, 0.5) is 0 Å². The monoisotopic (exact) mass is 332 g/mol. The van der Waals surface area contributed by atoms with E-state index in [2.05, 4.69) is 15.3 Å². The molecule has 0 bridgehead atoms. The molecule has 1 heterocycles. The summed E-state index contributed by atoms with van der Waals surface area (Å²) in [6.45, 7) is 1.46. The van der Waals surface area contributed by atoms with Gasteiger partial charge in [-0.05, 0) is 6.92 Å². The summed E-state index contributed by atoms with van der Waals surface area (Å²) in [6.07, 6.45) is 2.98. The summed E-state index contributed by atoms with van der Waals surface area (Å²) in [6, 6.07) is -3.12. The Bertz CT molecular complexity index is 415. The van der Waals surface area contributed by atoms with E-state index < -0.39 is 30.1 Å². The number of carbonyl (C=O) groups excluding carboxylic acids is 2. The Hall–Kier alpha value is 1.34. The van der Waals surface area contributed by atoms with Gasteiger partial charge in [-0.1, -0.05) is 0 Å². The van der Waals surface area contributed by atoms with Crippen molar-refractivity contribution in [1.82, 2.24) is 15.3 Å². The van der Waals surface area contributed by atoms with Gasteiger partial charge in [0.05, 0.1) is 30.3 Å². The summed E-state index contributed by atoms with van der Waals surface area (Å²) in [4.78, 5) is 28.0. The maximum Gasteiger partial charge on any atom is 1.00 e. The molecule has 4 N–H and O–H groups in total. The van der Waals surface area contributed by atoms with Gasteiger partial charge in [-0.2, -0.15) is 0 Å². The van der Waals surface area contributed by atoms with Crippen LogP contribution < -0.4 is 124 Å². The molecule has 10 heteroatoms. The number of rotatable bonds is 7. The number of hydrogen-bond acceptors (Lipinski definition) is 7. The summed E-state index contributed by atoms with van der Waals surface area (Å²) < 4.78 is 0. The molecular formula is C10H14K2N4O4. The zero-order valence-electron chi connectivity index (χ0n) is 11.8. The van der Waals surface area contributed by atoms with E-state index in [0.717, 1.165) is 0 Å². The third-order valence-corrected chi connectivity index (χ3v) is 2.54. The standard InChI is InChI=1S/C10H16N4O4.2K/c1-5(8(11)10(17)18)14-7(9(15)16)2-6-3-12-4-13-6;;/h3-5,7-8,14H,2,11H2,1H3,(H,12,13)(H,15,16)(H,17,18);;/q;2*+1/p-2. The van der Waals surface area contributed by atoms with Crippen molar-refractivity contribution in [2.24, 2.45) is 5.73 Å².